The minimum Gasteiger partial charge on any atom is -0.475 e. The monoisotopic (exact) mass is 664 g/mol. The fraction of sp³-hybridized carbons (Fsp3) is 0.440. The molecule has 45 heavy (non-hydrogen) atoms. The van der Waals surface area contributed by atoms with Crippen LogP contribution in [0.2, 0.25) is 0 Å². The Morgan fingerprint density at radius 3 is 1.62 bits per heavy atom. The van der Waals surface area contributed by atoms with E-state index in [4.69, 9.17) is 29.7 Å². The van der Waals surface area contributed by atoms with Crippen LogP contribution in [-0.4, -0.2) is 91.2 Å². The van der Waals surface area contributed by atoms with E-state index in [1.54, 1.807) is 0 Å². The Kier molecular flexibility index (Phi) is 13.7. The van der Waals surface area contributed by atoms with E-state index in [-0.39, 0.29) is 17.4 Å². The maximum atomic E-state index is 12.1. The Morgan fingerprint density at radius 1 is 0.800 bits per heavy atom. The van der Waals surface area contributed by atoms with Crippen molar-refractivity contribution in [1.82, 2.24) is 20.2 Å². The second-order valence-electron chi connectivity index (χ2n) is 9.25. The largest absolute Gasteiger partial charge is 0.490 e. The van der Waals surface area contributed by atoms with Gasteiger partial charge in [-0.2, -0.15) is 39.5 Å². The number of nitrogens with one attached hydrogen (secondary N) is 1. The molecule has 20 heteroatoms. The summed E-state index contributed by atoms with van der Waals surface area (Å²) >= 11 is 0. The normalized spacial score (nSPS) is 17.7. The van der Waals surface area contributed by atoms with Crippen molar-refractivity contribution in [2.45, 2.75) is 55.8 Å². The molecule has 0 aromatic carbocycles. The first-order valence-electron chi connectivity index (χ1n) is 12.3. The lowest BCUT2D eigenvalue weighted by Crippen LogP contribution is -2.53. The van der Waals surface area contributed by atoms with Crippen molar-refractivity contribution in [3.05, 3.63) is 60.2 Å². The van der Waals surface area contributed by atoms with E-state index in [2.05, 4.69) is 26.3 Å². The summed E-state index contributed by atoms with van der Waals surface area (Å²) in [4.78, 5) is 49.8. The summed E-state index contributed by atoms with van der Waals surface area (Å²) in [6.07, 6.45) is -7.21. The van der Waals surface area contributed by atoms with Gasteiger partial charge in [0, 0.05) is 56.1 Å². The van der Waals surface area contributed by atoms with Crippen molar-refractivity contribution >= 4 is 23.8 Å². The molecule has 1 atom stereocenters. The highest BCUT2D eigenvalue weighted by Crippen LogP contribution is 2.43. The molecule has 1 spiro atoms. The molecule has 0 radical (unpaired) electrons. The standard InChI is InChI=1S/C19H22N4O.3C2HF3O2/c24-18-13-17(15-4-9-20-10-5-15)19(22-18)6-11-23(12-7-19)14-16-3-1-2-8-21-16;3*3-2(4,5)1(6)7/h1-5,8-10,17H,6-7,11-14H2,(H,22,24);3*(H,6,7). The van der Waals surface area contributed by atoms with Gasteiger partial charge in [-0.1, -0.05) is 6.07 Å². The van der Waals surface area contributed by atoms with Crippen molar-refractivity contribution in [2.24, 2.45) is 0 Å². The molecule has 0 saturated carbocycles. The van der Waals surface area contributed by atoms with E-state index >= 15 is 0 Å². The second-order valence-corrected chi connectivity index (χ2v) is 9.25. The minimum absolute atomic E-state index is 0.0982. The Bertz CT molecular complexity index is 1210. The SMILES string of the molecule is O=C(O)C(F)(F)F.O=C(O)C(F)(F)F.O=C(O)C(F)(F)F.O=C1CC(c2ccncc2)C2(CCN(Cc3ccccn3)CC2)N1. The van der Waals surface area contributed by atoms with Gasteiger partial charge in [0.05, 0.1) is 5.69 Å². The van der Waals surface area contributed by atoms with E-state index in [1.165, 1.54) is 5.56 Å². The number of aliphatic carboxylic acids is 3. The number of halogens is 9. The number of carboxylic acid groups (broad SMARTS) is 3. The van der Waals surface area contributed by atoms with Crippen molar-refractivity contribution in [3.63, 3.8) is 0 Å². The molecule has 1 amide bonds. The first-order valence-corrected chi connectivity index (χ1v) is 12.3. The number of alkyl halides is 9. The Balaban J connectivity index is 0.000000396. The predicted octanol–water partition coefficient (Wildman–Crippen LogP) is 4.01. The van der Waals surface area contributed by atoms with Crippen LogP contribution in [0.3, 0.4) is 0 Å². The molecule has 2 aromatic heterocycles. The number of piperidine rings is 1. The number of amides is 1. The highest BCUT2D eigenvalue weighted by Gasteiger charge is 2.48. The van der Waals surface area contributed by atoms with Crippen LogP contribution in [0.15, 0.2) is 48.9 Å². The number of carbonyl (C=O) groups is 4. The average Bonchev–Trinajstić information content (AvgIpc) is 3.26. The molecule has 11 nitrogen and oxygen atoms in total. The van der Waals surface area contributed by atoms with Crippen LogP contribution in [0.25, 0.3) is 0 Å². The zero-order chi connectivity index (χ0) is 34.6. The van der Waals surface area contributed by atoms with Crippen LogP contribution in [0.1, 0.15) is 36.4 Å². The lowest BCUT2D eigenvalue weighted by atomic mass is 9.74. The van der Waals surface area contributed by atoms with Gasteiger partial charge in [0.15, 0.2) is 0 Å². The van der Waals surface area contributed by atoms with Crippen LogP contribution in [-0.2, 0) is 25.7 Å². The van der Waals surface area contributed by atoms with Crippen LogP contribution >= 0.6 is 0 Å². The summed E-state index contributed by atoms with van der Waals surface area (Å²) in [7, 11) is 0. The fourth-order valence-corrected chi connectivity index (χ4v) is 4.13. The lowest BCUT2D eigenvalue weighted by molar-refractivity contribution is -0.193. The van der Waals surface area contributed by atoms with Crippen molar-refractivity contribution < 1.29 is 74.0 Å². The molecule has 250 valence electrons. The molecule has 4 N–H and O–H groups in total. The Hall–Kier alpha value is -4.49. The van der Waals surface area contributed by atoms with Gasteiger partial charge in [-0.05, 0) is 42.7 Å². The molecule has 2 saturated heterocycles. The van der Waals surface area contributed by atoms with E-state index in [0.29, 0.717) is 6.42 Å². The van der Waals surface area contributed by atoms with Crippen LogP contribution in [0, 0.1) is 0 Å². The Labute approximate surface area is 247 Å². The smallest absolute Gasteiger partial charge is 0.475 e. The second kappa shape index (κ2) is 16.0. The van der Waals surface area contributed by atoms with Gasteiger partial charge in [0.25, 0.3) is 0 Å². The maximum Gasteiger partial charge on any atom is 0.490 e. The molecule has 2 fully saturated rings. The molecule has 4 heterocycles. The number of carboxylic acids is 3. The molecule has 2 aliphatic heterocycles. The zero-order valence-electron chi connectivity index (χ0n) is 22.7. The fourth-order valence-electron chi connectivity index (χ4n) is 4.13. The summed E-state index contributed by atoms with van der Waals surface area (Å²) in [5.74, 6) is -7.84. The van der Waals surface area contributed by atoms with Gasteiger partial charge in [-0.25, -0.2) is 14.4 Å². The van der Waals surface area contributed by atoms with E-state index in [9.17, 15) is 44.3 Å². The van der Waals surface area contributed by atoms with Crippen LogP contribution in [0.4, 0.5) is 39.5 Å². The third-order valence-electron chi connectivity index (χ3n) is 6.14. The van der Waals surface area contributed by atoms with Crippen LogP contribution in [0.5, 0.6) is 0 Å². The highest BCUT2D eigenvalue weighted by atomic mass is 19.4. The molecular formula is C25H25F9N4O7. The zero-order valence-corrected chi connectivity index (χ0v) is 22.7. The molecule has 2 aromatic rings. The van der Waals surface area contributed by atoms with E-state index in [0.717, 1.165) is 38.2 Å². The lowest BCUT2D eigenvalue weighted by Gasteiger charge is -2.42. The van der Waals surface area contributed by atoms with Gasteiger partial charge in [-0.15, -0.1) is 0 Å². The van der Waals surface area contributed by atoms with E-state index in [1.807, 2.05) is 42.9 Å². The first-order chi connectivity index (χ1) is 20.6. The Morgan fingerprint density at radius 2 is 1.24 bits per heavy atom. The first kappa shape index (κ1) is 38.5. The van der Waals surface area contributed by atoms with Gasteiger partial charge < -0.3 is 20.6 Å². The molecule has 1 unspecified atom stereocenters. The molecular weight excluding hydrogens is 639 g/mol. The summed E-state index contributed by atoms with van der Waals surface area (Å²) in [5, 5.41) is 24.7. The number of hydrogen-bond donors (Lipinski definition) is 4. The number of pyridine rings is 2. The van der Waals surface area contributed by atoms with Crippen molar-refractivity contribution in [1.29, 1.82) is 0 Å². The topological polar surface area (TPSA) is 170 Å². The van der Waals surface area contributed by atoms with Gasteiger partial charge in [0.1, 0.15) is 0 Å². The number of carbonyl (C=O) groups excluding carboxylic acids is 1. The average molecular weight is 664 g/mol. The molecule has 0 bridgehead atoms. The number of hydrogen-bond acceptors (Lipinski definition) is 7. The maximum absolute atomic E-state index is 12.1. The number of rotatable bonds is 3. The van der Waals surface area contributed by atoms with Crippen molar-refractivity contribution in [3.8, 4) is 0 Å². The van der Waals surface area contributed by atoms with E-state index < -0.39 is 36.4 Å². The van der Waals surface area contributed by atoms with Crippen molar-refractivity contribution in [2.75, 3.05) is 13.1 Å². The summed E-state index contributed by atoms with van der Waals surface area (Å²) in [6.45, 7) is 2.85. The molecule has 4 rings (SSSR count). The number of nitrogens with zero attached hydrogens (tertiary/aromatic N) is 3. The van der Waals surface area contributed by atoms with Gasteiger partial charge >= 0.3 is 36.4 Å². The highest BCUT2D eigenvalue weighted by molar-refractivity contribution is 5.81. The quantitative estimate of drug-likeness (QED) is 0.352. The predicted molar refractivity (Wildman–Crippen MR) is 132 cm³/mol. The molecule has 2 aliphatic rings. The third-order valence-corrected chi connectivity index (χ3v) is 6.14. The number of likely N-dealkylation sites (tertiary alicyclic amines) is 1. The molecule has 0 aliphatic carbocycles. The third kappa shape index (κ3) is 13.4. The van der Waals surface area contributed by atoms with Crippen LogP contribution < -0.4 is 5.32 Å². The van der Waals surface area contributed by atoms with Gasteiger partial charge in [-0.3, -0.25) is 19.7 Å². The summed E-state index contributed by atoms with van der Waals surface area (Å²) in [6, 6.07) is 10.1. The minimum atomic E-state index is -5.08. The van der Waals surface area contributed by atoms with Gasteiger partial charge in [0.2, 0.25) is 5.91 Å². The number of aromatic nitrogens is 2. The summed E-state index contributed by atoms with van der Waals surface area (Å²) < 4.78 is 95.2. The summed E-state index contributed by atoms with van der Waals surface area (Å²) in [5.41, 5.74) is 2.23.